The summed E-state index contributed by atoms with van der Waals surface area (Å²) in [5, 5.41) is 13.7. The molecule has 2 aliphatic rings. The monoisotopic (exact) mass is 263 g/mol. The number of ether oxygens (including phenoxy) is 2. The molecule has 0 amide bonds. The maximum absolute atomic E-state index is 10.1. The highest BCUT2D eigenvalue weighted by Crippen LogP contribution is 2.53. The van der Waals surface area contributed by atoms with Crippen LogP contribution < -0.4 is 5.32 Å². The van der Waals surface area contributed by atoms with E-state index in [1.165, 1.54) is 11.3 Å². The zero-order chi connectivity index (χ0) is 13.4. The standard InChI is InChI=1S/C15H21NO3/c1-18-15(19-2)13(17)8-9-7-12-14(9)10-5-3-4-6-11(10)16-12/h3-6,9,12-17H,7-8H2,1-2H3. The Morgan fingerprint density at radius 3 is 2.79 bits per heavy atom. The van der Waals surface area contributed by atoms with Gasteiger partial charge in [-0.15, -0.1) is 0 Å². The highest BCUT2D eigenvalue weighted by atomic mass is 16.7. The minimum atomic E-state index is -0.561. The van der Waals surface area contributed by atoms with Crippen LogP contribution in [0.2, 0.25) is 0 Å². The molecule has 4 heteroatoms. The van der Waals surface area contributed by atoms with Gasteiger partial charge in [0, 0.05) is 31.9 Å². The van der Waals surface area contributed by atoms with Crippen molar-refractivity contribution in [3.05, 3.63) is 29.8 Å². The van der Waals surface area contributed by atoms with Gasteiger partial charge in [-0.3, -0.25) is 0 Å². The molecule has 1 saturated carbocycles. The molecule has 0 aromatic heterocycles. The van der Waals surface area contributed by atoms with Crippen LogP contribution in [-0.4, -0.2) is 37.8 Å². The summed E-state index contributed by atoms with van der Waals surface area (Å²) in [6.45, 7) is 0. The Kier molecular flexibility index (Phi) is 3.48. The largest absolute Gasteiger partial charge is 0.388 e. The number of anilines is 1. The SMILES string of the molecule is COC(OC)C(O)CC1CC2Nc3ccccc3C12. The van der Waals surface area contributed by atoms with Gasteiger partial charge in [-0.1, -0.05) is 18.2 Å². The third kappa shape index (κ3) is 2.14. The Bertz CT molecular complexity index is 447. The first-order valence-electron chi connectivity index (χ1n) is 6.83. The Hall–Kier alpha value is -1.10. The average Bonchev–Trinajstić information content (AvgIpc) is 2.69. The van der Waals surface area contributed by atoms with E-state index < -0.39 is 12.4 Å². The van der Waals surface area contributed by atoms with Gasteiger partial charge >= 0.3 is 0 Å². The molecule has 1 heterocycles. The number of rotatable bonds is 5. The van der Waals surface area contributed by atoms with Crippen molar-refractivity contribution in [1.82, 2.24) is 0 Å². The van der Waals surface area contributed by atoms with Gasteiger partial charge < -0.3 is 19.9 Å². The molecule has 1 aliphatic heterocycles. The second-order valence-electron chi connectivity index (χ2n) is 5.50. The van der Waals surface area contributed by atoms with Crippen LogP contribution in [-0.2, 0) is 9.47 Å². The number of benzene rings is 1. The Labute approximate surface area is 113 Å². The molecule has 3 rings (SSSR count). The lowest BCUT2D eigenvalue weighted by Crippen LogP contribution is -2.43. The molecule has 2 N–H and O–H groups in total. The van der Waals surface area contributed by atoms with Gasteiger partial charge in [0.25, 0.3) is 0 Å². The van der Waals surface area contributed by atoms with Gasteiger partial charge in [0.1, 0.15) is 6.10 Å². The van der Waals surface area contributed by atoms with Gasteiger partial charge in [0.05, 0.1) is 0 Å². The molecular weight excluding hydrogens is 242 g/mol. The van der Waals surface area contributed by atoms with Crippen LogP contribution in [0.4, 0.5) is 5.69 Å². The number of hydrogen-bond acceptors (Lipinski definition) is 4. The first kappa shape index (κ1) is 12.9. The number of nitrogens with one attached hydrogen (secondary N) is 1. The average molecular weight is 263 g/mol. The zero-order valence-electron chi connectivity index (χ0n) is 11.4. The van der Waals surface area contributed by atoms with Gasteiger partial charge in [0.2, 0.25) is 0 Å². The summed E-state index contributed by atoms with van der Waals surface area (Å²) in [5.41, 5.74) is 2.65. The lowest BCUT2D eigenvalue weighted by molar-refractivity contribution is -0.170. The molecule has 0 spiro atoms. The fraction of sp³-hybridized carbons (Fsp3) is 0.600. The van der Waals surface area contributed by atoms with Crippen LogP contribution >= 0.6 is 0 Å². The highest BCUT2D eigenvalue weighted by molar-refractivity contribution is 5.61. The van der Waals surface area contributed by atoms with E-state index in [0.29, 0.717) is 17.9 Å². The topological polar surface area (TPSA) is 50.7 Å². The van der Waals surface area contributed by atoms with E-state index in [1.54, 1.807) is 14.2 Å². The Balaban J connectivity index is 1.67. The van der Waals surface area contributed by atoms with Crippen molar-refractivity contribution < 1.29 is 14.6 Å². The normalized spacial score (nSPS) is 29.4. The lowest BCUT2D eigenvalue weighted by Gasteiger charge is -2.42. The molecule has 4 nitrogen and oxygen atoms in total. The molecule has 0 bridgehead atoms. The third-order valence-corrected chi connectivity index (χ3v) is 4.48. The maximum atomic E-state index is 10.1. The van der Waals surface area contributed by atoms with Gasteiger partial charge in [-0.05, 0) is 30.4 Å². The van der Waals surface area contributed by atoms with Crippen molar-refractivity contribution >= 4 is 5.69 Å². The van der Waals surface area contributed by atoms with E-state index in [4.69, 9.17) is 9.47 Å². The fourth-order valence-electron chi connectivity index (χ4n) is 3.56. The summed E-state index contributed by atoms with van der Waals surface area (Å²) in [5.74, 6) is 1.03. The second kappa shape index (κ2) is 5.12. The molecule has 1 aromatic carbocycles. The number of para-hydroxylation sites is 1. The smallest absolute Gasteiger partial charge is 0.182 e. The number of hydrogen-bond donors (Lipinski definition) is 2. The van der Waals surface area contributed by atoms with E-state index in [0.717, 1.165) is 12.8 Å². The molecule has 0 radical (unpaired) electrons. The van der Waals surface area contributed by atoms with Crippen molar-refractivity contribution in [2.24, 2.45) is 5.92 Å². The molecular formula is C15H21NO3. The lowest BCUT2D eigenvalue weighted by atomic mass is 9.66. The molecule has 19 heavy (non-hydrogen) atoms. The molecule has 4 atom stereocenters. The summed E-state index contributed by atoms with van der Waals surface area (Å²) in [4.78, 5) is 0. The van der Waals surface area contributed by atoms with Crippen molar-refractivity contribution in [1.29, 1.82) is 0 Å². The van der Waals surface area contributed by atoms with Crippen molar-refractivity contribution in [3.63, 3.8) is 0 Å². The number of methoxy groups -OCH3 is 2. The van der Waals surface area contributed by atoms with Gasteiger partial charge in [-0.2, -0.15) is 0 Å². The number of fused-ring (bicyclic) bond motifs is 3. The first-order valence-corrected chi connectivity index (χ1v) is 6.83. The predicted octanol–water partition coefficient (Wildman–Crippen LogP) is 1.95. The fourth-order valence-corrected chi connectivity index (χ4v) is 3.56. The quantitative estimate of drug-likeness (QED) is 0.797. The van der Waals surface area contributed by atoms with Crippen molar-refractivity contribution in [3.8, 4) is 0 Å². The summed E-state index contributed by atoms with van der Waals surface area (Å²) in [7, 11) is 3.13. The minimum Gasteiger partial charge on any atom is -0.388 e. The third-order valence-electron chi connectivity index (χ3n) is 4.48. The number of aliphatic hydroxyl groups is 1. The summed E-state index contributed by atoms with van der Waals surface area (Å²) in [6.07, 6.45) is 0.748. The summed E-state index contributed by atoms with van der Waals surface area (Å²) >= 11 is 0. The van der Waals surface area contributed by atoms with Crippen LogP contribution in [0.1, 0.15) is 24.3 Å². The van der Waals surface area contributed by atoms with Crippen LogP contribution in [0.15, 0.2) is 24.3 Å². The van der Waals surface area contributed by atoms with Crippen LogP contribution in [0, 0.1) is 5.92 Å². The van der Waals surface area contributed by atoms with Crippen LogP contribution in [0.25, 0.3) is 0 Å². The van der Waals surface area contributed by atoms with Crippen molar-refractivity contribution in [2.45, 2.75) is 37.2 Å². The summed E-state index contributed by atoms with van der Waals surface area (Å²) < 4.78 is 10.2. The first-order chi connectivity index (χ1) is 9.24. The van der Waals surface area contributed by atoms with E-state index in [9.17, 15) is 5.11 Å². The molecule has 1 aromatic rings. The molecule has 104 valence electrons. The zero-order valence-corrected chi connectivity index (χ0v) is 11.4. The highest BCUT2D eigenvalue weighted by Gasteiger charge is 2.47. The van der Waals surface area contributed by atoms with Gasteiger partial charge in [0.15, 0.2) is 6.29 Å². The minimum absolute atomic E-state index is 0.504. The van der Waals surface area contributed by atoms with E-state index in [2.05, 4.69) is 29.6 Å². The van der Waals surface area contributed by atoms with Crippen LogP contribution in [0.3, 0.4) is 0 Å². The Morgan fingerprint density at radius 2 is 2.05 bits per heavy atom. The molecule has 4 unspecified atom stereocenters. The van der Waals surface area contributed by atoms with Crippen molar-refractivity contribution in [2.75, 3.05) is 19.5 Å². The van der Waals surface area contributed by atoms with Crippen LogP contribution in [0.5, 0.6) is 0 Å². The van der Waals surface area contributed by atoms with E-state index in [1.807, 2.05) is 0 Å². The number of aliphatic hydroxyl groups excluding tert-OH is 1. The second-order valence-corrected chi connectivity index (χ2v) is 5.50. The van der Waals surface area contributed by atoms with E-state index >= 15 is 0 Å². The van der Waals surface area contributed by atoms with E-state index in [-0.39, 0.29) is 0 Å². The molecule has 1 aliphatic carbocycles. The summed E-state index contributed by atoms with van der Waals surface area (Å²) in [6, 6.07) is 9.01. The maximum Gasteiger partial charge on any atom is 0.182 e. The molecule has 1 fully saturated rings. The predicted molar refractivity (Wildman–Crippen MR) is 73.1 cm³/mol. The Morgan fingerprint density at radius 1 is 1.32 bits per heavy atom. The molecule has 0 saturated heterocycles. The van der Waals surface area contributed by atoms with Gasteiger partial charge in [-0.25, -0.2) is 0 Å².